The van der Waals surface area contributed by atoms with Crippen LogP contribution in [0, 0.1) is 0 Å². The maximum atomic E-state index is 12.2. The number of benzene rings is 1. The van der Waals surface area contributed by atoms with E-state index in [4.69, 9.17) is 0 Å². The van der Waals surface area contributed by atoms with E-state index in [0.29, 0.717) is 6.04 Å². The van der Waals surface area contributed by atoms with Crippen molar-refractivity contribution in [1.29, 1.82) is 0 Å². The molecule has 0 amide bonds. The van der Waals surface area contributed by atoms with Crippen LogP contribution in [0.5, 0.6) is 5.75 Å². The van der Waals surface area contributed by atoms with Gasteiger partial charge in [0.25, 0.3) is 0 Å². The van der Waals surface area contributed by atoms with Crippen LogP contribution in [0.1, 0.15) is 58.8 Å². The molecule has 0 radical (unpaired) electrons. The van der Waals surface area contributed by atoms with E-state index in [1.54, 1.807) is 12.1 Å². The Bertz CT molecular complexity index is 519. The van der Waals surface area contributed by atoms with Crippen molar-refractivity contribution in [2.75, 3.05) is 11.6 Å². The van der Waals surface area contributed by atoms with Gasteiger partial charge in [-0.1, -0.05) is 45.4 Å². The van der Waals surface area contributed by atoms with Gasteiger partial charge in [-0.3, -0.25) is 0 Å². The predicted octanol–water partition coefficient (Wildman–Crippen LogP) is 5.98. The Kier molecular flexibility index (Phi) is 8.02. The van der Waals surface area contributed by atoms with Gasteiger partial charge in [-0.2, -0.15) is 8.78 Å². The summed E-state index contributed by atoms with van der Waals surface area (Å²) in [5.74, 6) is 0.190. The van der Waals surface area contributed by atoms with E-state index < -0.39 is 6.61 Å². The van der Waals surface area contributed by atoms with Crippen LogP contribution in [0.2, 0.25) is 0 Å². The minimum Gasteiger partial charge on any atom is -0.435 e. The second kappa shape index (κ2) is 10.3. The largest absolute Gasteiger partial charge is 0.435 e. The molecule has 0 N–H and O–H groups in total. The highest BCUT2D eigenvalue weighted by atomic mass is 19.3. The van der Waals surface area contributed by atoms with Gasteiger partial charge in [-0.25, -0.2) is 0 Å². The summed E-state index contributed by atoms with van der Waals surface area (Å²) in [5.41, 5.74) is 0.979. The molecule has 140 valence electrons. The molecule has 0 spiro atoms. The number of unbranched alkanes of at least 4 members (excludes halogenated alkanes) is 5. The fraction of sp³-hybridized carbons (Fsp3) is 0.600. The normalized spacial score (nSPS) is 15.2. The van der Waals surface area contributed by atoms with Crippen LogP contribution in [0.25, 0.3) is 0 Å². The molecule has 0 aliphatic carbocycles. The van der Waals surface area contributed by atoms with Gasteiger partial charge in [-0.15, -0.1) is 0 Å². The molecule has 0 fully saturated rings. The number of halogens is 2. The molecule has 2 rings (SSSR count). The molecule has 1 aromatic rings. The zero-order valence-electron chi connectivity index (χ0n) is 15.3. The van der Waals surface area contributed by atoms with Gasteiger partial charge in [0.1, 0.15) is 5.75 Å². The Balaban J connectivity index is 1.72. The van der Waals surface area contributed by atoms with Gasteiger partial charge in [0.05, 0.1) is 6.67 Å². The van der Waals surface area contributed by atoms with Crippen LogP contribution in [0.3, 0.4) is 0 Å². The lowest BCUT2D eigenvalue weighted by Gasteiger charge is -2.27. The standard InChI is InChI=1S/C20H30F2N2O/c1-3-4-5-6-7-8-9-17(2)23-14-15-24(16-23)18-10-12-19(13-11-18)25-20(21)22/h10-15,17,20H,3-9,16H2,1-2H3. The first-order valence-corrected chi connectivity index (χ1v) is 9.35. The maximum absolute atomic E-state index is 12.2. The molecule has 3 nitrogen and oxygen atoms in total. The zero-order valence-corrected chi connectivity index (χ0v) is 15.3. The minimum atomic E-state index is -2.78. The number of hydrogen-bond acceptors (Lipinski definition) is 3. The van der Waals surface area contributed by atoms with Crippen molar-refractivity contribution in [1.82, 2.24) is 4.90 Å². The summed E-state index contributed by atoms with van der Waals surface area (Å²) in [6.45, 7) is 2.52. The van der Waals surface area contributed by atoms with Crippen LogP contribution in [0.4, 0.5) is 14.5 Å². The molecule has 0 saturated heterocycles. The van der Waals surface area contributed by atoms with E-state index in [-0.39, 0.29) is 5.75 Å². The summed E-state index contributed by atoms with van der Waals surface area (Å²) in [4.78, 5) is 4.44. The third-order valence-corrected chi connectivity index (χ3v) is 4.69. The van der Waals surface area contributed by atoms with Crippen molar-refractivity contribution in [2.24, 2.45) is 0 Å². The maximum Gasteiger partial charge on any atom is 0.387 e. The van der Waals surface area contributed by atoms with Gasteiger partial charge in [-0.05, 0) is 37.6 Å². The number of ether oxygens (including phenoxy) is 1. The Morgan fingerprint density at radius 3 is 2.36 bits per heavy atom. The molecule has 1 aromatic carbocycles. The van der Waals surface area contributed by atoms with Crippen molar-refractivity contribution in [3.63, 3.8) is 0 Å². The summed E-state index contributed by atoms with van der Waals surface area (Å²) in [6, 6.07) is 7.29. The Hall–Kier alpha value is -1.78. The second-order valence-corrected chi connectivity index (χ2v) is 6.70. The Labute approximate surface area is 150 Å². The molecule has 0 bridgehead atoms. The number of hydrogen-bond donors (Lipinski definition) is 0. The Morgan fingerprint density at radius 2 is 1.68 bits per heavy atom. The molecular weight excluding hydrogens is 322 g/mol. The number of rotatable bonds is 11. The van der Waals surface area contributed by atoms with E-state index >= 15 is 0 Å². The van der Waals surface area contributed by atoms with E-state index in [1.165, 1.54) is 44.9 Å². The first kappa shape index (κ1) is 19.5. The third kappa shape index (κ3) is 6.56. The topological polar surface area (TPSA) is 15.7 Å². The smallest absolute Gasteiger partial charge is 0.387 e. The first-order chi connectivity index (χ1) is 12.1. The van der Waals surface area contributed by atoms with Crippen molar-refractivity contribution in [3.05, 3.63) is 36.7 Å². The highest BCUT2D eigenvalue weighted by Crippen LogP contribution is 2.25. The van der Waals surface area contributed by atoms with E-state index in [2.05, 4.69) is 34.6 Å². The van der Waals surface area contributed by atoms with E-state index in [0.717, 1.165) is 12.4 Å². The molecular formula is C20H30F2N2O. The quantitative estimate of drug-likeness (QED) is 0.456. The molecule has 1 heterocycles. The molecule has 1 aliphatic rings. The summed E-state index contributed by atoms with van der Waals surface area (Å²) >= 11 is 0. The summed E-state index contributed by atoms with van der Waals surface area (Å²) in [6.07, 6.45) is 13.3. The molecule has 0 saturated carbocycles. The highest BCUT2D eigenvalue weighted by molar-refractivity contribution is 5.52. The third-order valence-electron chi connectivity index (χ3n) is 4.69. The van der Waals surface area contributed by atoms with Crippen molar-refractivity contribution in [3.8, 4) is 5.75 Å². The van der Waals surface area contributed by atoms with Gasteiger partial charge in [0.15, 0.2) is 0 Å². The molecule has 25 heavy (non-hydrogen) atoms. The molecule has 0 aromatic heterocycles. The van der Waals surface area contributed by atoms with Gasteiger partial charge >= 0.3 is 6.61 Å². The number of nitrogens with zero attached hydrogens (tertiary/aromatic N) is 2. The highest BCUT2D eigenvalue weighted by Gasteiger charge is 2.18. The van der Waals surface area contributed by atoms with Crippen molar-refractivity contribution in [2.45, 2.75) is 71.4 Å². The minimum absolute atomic E-state index is 0.190. The van der Waals surface area contributed by atoms with Gasteiger partial charge in [0, 0.05) is 24.1 Å². The van der Waals surface area contributed by atoms with Gasteiger partial charge in [0.2, 0.25) is 0 Å². The number of alkyl halides is 2. The predicted molar refractivity (Wildman–Crippen MR) is 98.9 cm³/mol. The fourth-order valence-corrected chi connectivity index (χ4v) is 3.10. The van der Waals surface area contributed by atoms with Crippen LogP contribution < -0.4 is 9.64 Å². The Morgan fingerprint density at radius 1 is 1.00 bits per heavy atom. The monoisotopic (exact) mass is 352 g/mol. The lowest BCUT2D eigenvalue weighted by atomic mass is 10.1. The number of anilines is 1. The molecule has 5 heteroatoms. The van der Waals surface area contributed by atoms with E-state index in [9.17, 15) is 8.78 Å². The summed E-state index contributed by atoms with van der Waals surface area (Å²) in [7, 11) is 0. The first-order valence-electron chi connectivity index (χ1n) is 9.35. The van der Waals surface area contributed by atoms with Gasteiger partial charge < -0.3 is 14.5 Å². The average Bonchev–Trinajstić information content (AvgIpc) is 3.08. The SMILES string of the molecule is CCCCCCCCC(C)N1C=CN(c2ccc(OC(F)F)cc2)C1. The van der Waals surface area contributed by atoms with E-state index in [1.807, 2.05) is 18.3 Å². The van der Waals surface area contributed by atoms with Crippen LogP contribution >= 0.6 is 0 Å². The fourth-order valence-electron chi connectivity index (χ4n) is 3.10. The van der Waals surface area contributed by atoms with Crippen molar-refractivity contribution >= 4 is 5.69 Å². The summed E-state index contributed by atoms with van der Waals surface area (Å²) < 4.78 is 28.8. The second-order valence-electron chi connectivity index (χ2n) is 6.70. The molecule has 1 atom stereocenters. The molecule has 1 aliphatic heterocycles. The molecule has 1 unspecified atom stereocenters. The van der Waals surface area contributed by atoms with Crippen LogP contribution in [-0.2, 0) is 0 Å². The average molecular weight is 352 g/mol. The summed E-state index contributed by atoms with van der Waals surface area (Å²) in [5, 5.41) is 0. The van der Waals surface area contributed by atoms with Crippen LogP contribution in [0.15, 0.2) is 36.7 Å². The zero-order chi connectivity index (χ0) is 18.1. The lowest BCUT2D eigenvalue weighted by Crippen LogP contribution is -2.32. The van der Waals surface area contributed by atoms with Crippen molar-refractivity contribution < 1.29 is 13.5 Å². The van der Waals surface area contributed by atoms with Crippen LogP contribution in [-0.4, -0.2) is 24.2 Å². The lowest BCUT2D eigenvalue weighted by molar-refractivity contribution is -0.0498.